The quantitative estimate of drug-likeness (QED) is 0.777. The first kappa shape index (κ1) is 12.7. The third kappa shape index (κ3) is 2.29. The summed E-state index contributed by atoms with van der Waals surface area (Å²) in [5, 5.41) is 0. The highest BCUT2D eigenvalue weighted by atomic mass is 16.3. The summed E-state index contributed by atoms with van der Waals surface area (Å²) in [5.74, 6) is 2.32. The van der Waals surface area contributed by atoms with Gasteiger partial charge in [-0.15, -0.1) is 0 Å². The van der Waals surface area contributed by atoms with E-state index < -0.39 is 0 Å². The molecule has 4 heteroatoms. The zero-order valence-corrected chi connectivity index (χ0v) is 12.0. The molecule has 0 saturated carbocycles. The second-order valence-electron chi connectivity index (χ2n) is 6.07. The predicted molar refractivity (Wildman–Crippen MR) is 73.2 cm³/mol. The number of hydrogen-bond donors (Lipinski definition) is 0. The number of carbonyl (C=O) groups excluding carboxylic acids is 1. The van der Waals surface area contributed by atoms with Gasteiger partial charge in [-0.05, 0) is 45.7 Å². The summed E-state index contributed by atoms with van der Waals surface area (Å²) in [7, 11) is 2.18. The Morgan fingerprint density at radius 2 is 2.05 bits per heavy atom. The molecule has 3 aliphatic heterocycles. The Balaban J connectivity index is 1.83. The van der Waals surface area contributed by atoms with Crippen molar-refractivity contribution in [2.75, 3.05) is 26.7 Å². The smallest absolute Gasteiger partial charge is 0.257 e. The molecule has 0 radical (unpaired) electrons. The van der Waals surface area contributed by atoms with Crippen LogP contribution in [0.3, 0.4) is 0 Å². The van der Waals surface area contributed by atoms with Gasteiger partial charge in [0.05, 0.1) is 5.56 Å². The first-order valence-corrected chi connectivity index (χ1v) is 7.11. The molecule has 3 saturated heterocycles. The van der Waals surface area contributed by atoms with Crippen LogP contribution >= 0.6 is 0 Å². The Kier molecular flexibility index (Phi) is 3.13. The highest BCUT2D eigenvalue weighted by Crippen LogP contribution is 2.28. The molecule has 0 unspecified atom stereocenters. The van der Waals surface area contributed by atoms with Crippen LogP contribution in [0.25, 0.3) is 0 Å². The lowest BCUT2D eigenvalue weighted by atomic mass is 9.96. The average Bonchev–Trinajstić information content (AvgIpc) is 2.55. The Bertz CT molecular complexity index is 494. The molecule has 0 aliphatic carbocycles. The molecule has 1 amide bonds. The summed E-state index contributed by atoms with van der Waals surface area (Å²) in [4.78, 5) is 17.1. The Morgan fingerprint density at radius 1 is 1.26 bits per heavy atom. The summed E-state index contributed by atoms with van der Waals surface area (Å²) >= 11 is 0. The van der Waals surface area contributed by atoms with Crippen molar-refractivity contribution in [1.82, 2.24) is 9.80 Å². The molecule has 3 fully saturated rings. The summed E-state index contributed by atoms with van der Waals surface area (Å²) in [6.45, 7) is 6.64. The number of hydrogen-bond acceptors (Lipinski definition) is 3. The van der Waals surface area contributed by atoms with Gasteiger partial charge in [0.1, 0.15) is 11.5 Å². The second-order valence-corrected chi connectivity index (χ2v) is 6.07. The molecule has 2 bridgehead atoms. The minimum atomic E-state index is 0.140. The maximum Gasteiger partial charge on any atom is 0.257 e. The van der Waals surface area contributed by atoms with E-state index in [4.69, 9.17) is 4.42 Å². The topological polar surface area (TPSA) is 36.7 Å². The van der Waals surface area contributed by atoms with E-state index >= 15 is 0 Å². The Morgan fingerprint density at radius 3 is 2.68 bits per heavy atom. The van der Waals surface area contributed by atoms with Crippen molar-refractivity contribution in [3.8, 4) is 0 Å². The fourth-order valence-electron chi connectivity index (χ4n) is 3.50. The van der Waals surface area contributed by atoms with Gasteiger partial charge < -0.3 is 14.2 Å². The summed E-state index contributed by atoms with van der Waals surface area (Å²) in [5.41, 5.74) is 0.737. The Labute approximate surface area is 114 Å². The lowest BCUT2D eigenvalue weighted by Gasteiger charge is -2.32. The fourth-order valence-corrected chi connectivity index (χ4v) is 3.50. The number of piperidine rings is 1. The van der Waals surface area contributed by atoms with Crippen molar-refractivity contribution < 1.29 is 9.21 Å². The van der Waals surface area contributed by atoms with E-state index in [2.05, 4.69) is 11.9 Å². The first-order valence-electron chi connectivity index (χ1n) is 7.11. The van der Waals surface area contributed by atoms with Crippen LogP contribution < -0.4 is 0 Å². The van der Waals surface area contributed by atoms with E-state index in [0.717, 1.165) is 36.7 Å². The molecule has 3 aliphatic rings. The second kappa shape index (κ2) is 4.67. The molecule has 1 aromatic heterocycles. The van der Waals surface area contributed by atoms with Gasteiger partial charge >= 0.3 is 0 Å². The monoisotopic (exact) mass is 262 g/mol. The van der Waals surface area contributed by atoms with E-state index in [9.17, 15) is 4.79 Å². The summed E-state index contributed by atoms with van der Waals surface area (Å²) < 4.78 is 5.49. The van der Waals surface area contributed by atoms with Gasteiger partial charge in [-0.3, -0.25) is 4.79 Å². The number of aryl methyl sites for hydroxylation is 2. The molecule has 0 N–H and O–H groups in total. The first-order chi connectivity index (χ1) is 9.04. The maximum absolute atomic E-state index is 12.7. The van der Waals surface area contributed by atoms with Crippen molar-refractivity contribution in [2.45, 2.75) is 32.7 Å². The van der Waals surface area contributed by atoms with E-state index in [1.54, 1.807) is 0 Å². The SMILES string of the molecule is Cc1cc(C(=O)N2C[C@H]3CC[C@@H](C2)N(C)C3)c(C)o1. The molecule has 0 aromatic carbocycles. The van der Waals surface area contributed by atoms with E-state index in [-0.39, 0.29) is 5.91 Å². The number of fused-ring (bicyclic) bond motifs is 4. The van der Waals surface area contributed by atoms with Crippen molar-refractivity contribution in [3.63, 3.8) is 0 Å². The molecule has 4 heterocycles. The molecule has 1 aromatic rings. The van der Waals surface area contributed by atoms with Crippen molar-refractivity contribution >= 4 is 5.91 Å². The molecule has 0 spiro atoms. The molecule has 2 atom stereocenters. The van der Waals surface area contributed by atoms with Gasteiger partial charge in [0.2, 0.25) is 0 Å². The minimum absolute atomic E-state index is 0.140. The maximum atomic E-state index is 12.7. The van der Waals surface area contributed by atoms with E-state index in [1.807, 2.05) is 24.8 Å². The van der Waals surface area contributed by atoms with Crippen LogP contribution in [0.5, 0.6) is 0 Å². The largest absolute Gasteiger partial charge is 0.466 e. The van der Waals surface area contributed by atoms with Crippen molar-refractivity contribution in [3.05, 3.63) is 23.2 Å². The van der Waals surface area contributed by atoms with E-state index in [0.29, 0.717) is 12.0 Å². The van der Waals surface area contributed by atoms with Gasteiger partial charge in [0.25, 0.3) is 5.91 Å². The molecule has 104 valence electrons. The molecular weight excluding hydrogens is 240 g/mol. The number of rotatable bonds is 1. The summed E-state index contributed by atoms with van der Waals surface area (Å²) in [6, 6.07) is 2.39. The van der Waals surface area contributed by atoms with Crippen LogP contribution in [0.1, 0.15) is 34.7 Å². The predicted octanol–water partition coefficient (Wildman–Crippen LogP) is 2.06. The number of furan rings is 1. The van der Waals surface area contributed by atoms with Crippen LogP contribution in [0.4, 0.5) is 0 Å². The molecule has 19 heavy (non-hydrogen) atoms. The van der Waals surface area contributed by atoms with Crippen molar-refractivity contribution in [1.29, 1.82) is 0 Å². The highest BCUT2D eigenvalue weighted by Gasteiger charge is 2.35. The van der Waals surface area contributed by atoms with Crippen LogP contribution in [0.2, 0.25) is 0 Å². The zero-order valence-electron chi connectivity index (χ0n) is 12.0. The fraction of sp³-hybridized carbons (Fsp3) is 0.667. The van der Waals surface area contributed by atoms with Crippen LogP contribution in [0, 0.1) is 19.8 Å². The van der Waals surface area contributed by atoms with Gasteiger partial charge in [0, 0.05) is 25.7 Å². The highest BCUT2D eigenvalue weighted by molar-refractivity contribution is 5.95. The van der Waals surface area contributed by atoms with Gasteiger partial charge in [-0.1, -0.05) is 0 Å². The van der Waals surface area contributed by atoms with Crippen molar-refractivity contribution in [2.24, 2.45) is 5.92 Å². The van der Waals surface area contributed by atoms with Gasteiger partial charge in [-0.2, -0.15) is 0 Å². The van der Waals surface area contributed by atoms with Crippen LogP contribution in [0.15, 0.2) is 10.5 Å². The van der Waals surface area contributed by atoms with Gasteiger partial charge in [0.15, 0.2) is 0 Å². The molecule has 4 nitrogen and oxygen atoms in total. The van der Waals surface area contributed by atoms with Crippen LogP contribution in [-0.4, -0.2) is 48.4 Å². The van der Waals surface area contributed by atoms with E-state index in [1.165, 1.54) is 12.8 Å². The summed E-state index contributed by atoms with van der Waals surface area (Å²) in [6.07, 6.45) is 2.47. The third-order valence-electron chi connectivity index (χ3n) is 4.55. The normalized spacial score (nSPS) is 27.6. The number of nitrogens with zero attached hydrogens (tertiary/aromatic N) is 2. The lowest BCUT2D eigenvalue weighted by Crippen LogP contribution is -2.41. The standard InChI is InChI=1S/C15H22N2O2/c1-10-6-14(11(2)19-10)15(18)17-8-12-4-5-13(9-17)16(3)7-12/h6,12-13H,4-5,7-9H2,1-3H3/t12-,13-/m0/s1. The molecule has 4 rings (SSSR count). The average molecular weight is 262 g/mol. The van der Waals surface area contributed by atoms with Gasteiger partial charge in [-0.25, -0.2) is 0 Å². The van der Waals surface area contributed by atoms with Crippen LogP contribution in [-0.2, 0) is 0 Å². The molecular formula is C15H22N2O2. The number of amides is 1. The minimum Gasteiger partial charge on any atom is -0.466 e. The lowest BCUT2D eigenvalue weighted by molar-refractivity contribution is 0.0741. The number of carbonyl (C=O) groups is 1. The third-order valence-corrected chi connectivity index (χ3v) is 4.55. The number of likely N-dealkylation sites (N-methyl/N-ethyl adjacent to an activating group) is 1. The zero-order chi connectivity index (χ0) is 13.6. The Hall–Kier alpha value is -1.29.